The first-order valence-corrected chi connectivity index (χ1v) is 45.8. The van der Waals surface area contributed by atoms with Crippen LogP contribution in [0.5, 0.6) is 0 Å². The molecule has 12 heteroatoms. The largest absolute Gasteiger partial charge is 0.294 e. The third-order valence-electron chi connectivity index (χ3n) is 25.9. The van der Waals surface area contributed by atoms with Crippen molar-refractivity contribution in [1.82, 2.24) is 58.1 Å². The van der Waals surface area contributed by atoms with Crippen LogP contribution >= 0.6 is 0 Å². The molecular formula is C124H80N12. The Morgan fingerprint density at radius 2 is 0.294 bits per heavy atom. The molecule has 0 bridgehead atoms. The standard InChI is InChI=1S/C68H44N6.C56H36N6/c1-5-19-45(20-6-1)49-27-17-29-53(39-49)59-43-65(71-67(69-59)47-23-9-3-10-24-47)73-61-33-15-13-31-55(61)57-41-51(35-37-63(57)73)52-36-38-64-58(42-52)56-32-14-16-34-62(56)74(64)66-44-60(70-68(72-66)48-25-11-4-12-26-48)54-30-18-28-50(40-54)46-21-7-2-8-22-46;1-5-17-37(18-6-1)47-35-53(59-55(57-47)39-21-9-3-10-22-39)61-49-27-15-13-25-43(49)45-33-41(29-31-51(45)61)42-30-32-52-46(34-42)44-26-14-16-28-50(44)62(52)54-36-48(38-19-7-2-8-20-38)58-56(60-54)40-23-11-4-12-24-40/h1-44H;1-36H. The van der Waals surface area contributed by atoms with Gasteiger partial charge in [-0.15, -0.1) is 0 Å². The van der Waals surface area contributed by atoms with Crippen molar-refractivity contribution < 1.29 is 0 Å². The lowest BCUT2D eigenvalue weighted by molar-refractivity contribution is 1.05. The average Bonchev–Trinajstić information content (AvgIpc) is 1.58. The zero-order valence-electron chi connectivity index (χ0n) is 73.6. The van der Waals surface area contributed by atoms with Crippen molar-refractivity contribution in [2.45, 2.75) is 0 Å². The summed E-state index contributed by atoms with van der Waals surface area (Å²) in [5.74, 6) is 5.97. The molecule has 636 valence electrons. The molecule has 8 heterocycles. The molecular weight excluding hydrogens is 1660 g/mol. The second-order valence-electron chi connectivity index (χ2n) is 34.2. The maximum absolute atomic E-state index is 5.33. The van der Waals surface area contributed by atoms with Crippen molar-refractivity contribution in [3.8, 4) is 158 Å². The Bertz CT molecular complexity index is 8430. The third-order valence-corrected chi connectivity index (χ3v) is 25.9. The van der Waals surface area contributed by atoms with Crippen LogP contribution in [0.1, 0.15) is 0 Å². The van der Waals surface area contributed by atoms with Gasteiger partial charge in [0.05, 0.1) is 66.9 Å². The molecule has 0 N–H and O–H groups in total. The molecule has 0 saturated carbocycles. The zero-order chi connectivity index (χ0) is 89.9. The van der Waals surface area contributed by atoms with Gasteiger partial charge in [-0.05, 0) is 129 Å². The number of nitrogens with zero attached hydrogens (tertiary/aromatic N) is 12. The molecule has 0 fully saturated rings. The van der Waals surface area contributed by atoms with Gasteiger partial charge in [0.25, 0.3) is 0 Å². The highest BCUT2D eigenvalue weighted by Gasteiger charge is 2.25. The third kappa shape index (κ3) is 14.6. The smallest absolute Gasteiger partial charge is 0.162 e. The molecule has 0 atom stereocenters. The van der Waals surface area contributed by atoms with Crippen LogP contribution in [-0.2, 0) is 0 Å². The number of rotatable bonds is 16. The molecule has 12 nitrogen and oxygen atoms in total. The number of benzene rings is 18. The van der Waals surface area contributed by atoms with Crippen molar-refractivity contribution in [3.63, 3.8) is 0 Å². The lowest BCUT2D eigenvalue weighted by atomic mass is 10.0. The summed E-state index contributed by atoms with van der Waals surface area (Å²) in [6.07, 6.45) is 0. The van der Waals surface area contributed by atoms with Crippen LogP contribution in [-0.4, -0.2) is 58.1 Å². The van der Waals surface area contributed by atoms with E-state index in [1.54, 1.807) is 0 Å². The van der Waals surface area contributed by atoms with E-state index < -0.39 is 0 Å². The van der Waals surface area contributed by atoms with E-state index in [0.717, 1.165) is 222 Å². The fraction of sp³-hybridized carbons (Fsp3) is 0. The summed E-state index contributed by atoms with van der Waals surface area (Å²) in [6.45, 7) is 0. The van der Waals surface area contributed by atoms with E-state index in [1.807, 2.05) is 84.9 Å². The van der Waals surface area contributed by atoms with Gasteiger partial charge in [-0.25, -0.2) is 39.9 Å². The highest BCUT2D eigenvalue weighted by atomic mass is 15.1. The lowest BCUT2D eigenvalue weighted by Gasteiger charge is -2.13. The number of hydrogen-bond donors (Lipinski definition) is 0. The van der Waals surface area contributed by atoms with E-state index in [1.165, 1.54) is 0 Å². The molecule has 0 amide bonds. The Hall–Kier alpha value is -18.5. The minimum Gasteiger partial charge on any atom is -0.294 e. The first-order valence-electron chi connectivity index (χ1n) is 45.8. The van der Waals surface area contributed by atoms with Crippen LogP contribution < -0.4 is 0 Å². The Morgan fingerprint density at radius 3 is 0.544 bits per heavy atom. The van der Waals surface area contributed by atoms with Crippen LogP contribution in [0.3, 0.4) is 0 Å². The van der Waals surface area contributed by atoms with Gasteiger partial charge in [-0.2, -0.15) is 0 Å². The van der Waals surface area contributed by atoms with Gasteiger partial charge < -0.3 is 0 Å². The Labute approximate surface area is 783 Å². The van der Waals surface area contributed by atoms with Crippen molar-refractivity contribution in [1.29, 1.82) is 0 Å². The molecule has 136 heavy (non-hydrogen) atoms. The summed E-state index contributed by atoms with van der Waals surface area (Å²) >= 11 is 0. The van der Waals surface area contributed by atoms with Gasteiger partial charge in [0.1, 0.15) is 23.3 Å². The molecule has 8 aromatic heterocycles. The fourth-order valence-corrected chi connectivity index (χ4v) is 19.4. The SMILES string of the molecule is c1ccc(-c2cc(-n3c4ccccc4c4cc(-c5ccc6c(c5)c5ccccc5n6-c5cc(-c6ccccc6)nc(-c6ccccc6)n5)ccc43)nc(-c3ccccc3)n2)cc1.c1ccc(-c2cccc(-c3cc(-n4c5ccccc5c5cc(-c6ccc7c(c6)c6ccccc6n7-c6cc(-c7cccc(-c8ccccc8)c7)nc(-c7ccccc7)n6)ccc54)nc(-c4ccccc4)n3)c2)cc1. The van der Waals surface area contributed by atoms with E-state index in [0.29, 0.717) is 23.3 Å². The molecule has 0 radical (unpaired) electrons. The topological polar surface area (TPSA) is 123 Å². The van der Waals surface area contributed by atoms with Gasteiger partial charge in [0.15, 0.2) is 23.3 Å². The summed E-state index contributed by atoms with van der Waals surface area (Å²) in [5, 5.41) is 9.23. The van der Waals surface area contributed by atoms with Gasteiger partial charge in [-0.1, -0.05) is 376 Å². The number of para-hydroxylation sites is 4. The molecule has 18 aromatic carbocycles. The molecule has 0 unspecified atom stereocenters. The van der Waals surface area contributed by atoms with E-state index in [4.69, 9.17) is 39.9 Å². The molecule has 0 aliphatic carbocycles. The lowest BCUT2D eigenvalue weighted by Crippen LogP contribution is -2.02. The zero-order valence-corrected chi connectivity index (χ0v) is 73.6. The summed E-state index contributed by atoms with van der Waals surface area (Å²) in [5.41, 5.74) is 29.2. The number of hydrogen-bond acceptors (Lipinski definition) is 8. The normalized spacial score (nSPS) is 11.5. The van der Waals surface area contributed by atoms with E-state index in [2.05, 4.69) is 419 Å². The molecule has 26 aromatic rings. The van der Waals surface area contributed by atoms with Crippen molar-refractivity contribution >= 4 is 87.2 Å². The summed E-state index contributed by atoms with van der Waals surface area (Å²) in [4.78, 5) is 41.7. The maximum atomic E-state index is 5.33. The molecule has 0 aliphatic rings. The van der Waals surface area contributed by atoms with E-state index >= 15 is 0 Å². The van der Waals surface area contributed by atoms with Crippen LogP contribution in [0.15, 0.2) is 485 Å². The monoisotopic (exact) mass is 1740 g/mol. The fourth-order valence-electron chi connectivity index (χ4n) is 19.4. The Kier molecular flexibility index (Phi) is 20.0. The van der Waals surface area contributed by atoms with Crippen molar-refractivity contribution in [2.75, 3.05) is 0 Å². The van der Waals surface area contributed by atoms with Crippen LogP contribution in [0.25, 0.3) is 246 Å². The van der Waals surface area contributed by atoms with Gasteiger partial charge in [0.2, 0.25) is 0 Å². The summed E-state index contributed by atoms with van der Waals surface area (Å²) < 4.78 is 9.14. The predicted molar refractivity (Wildman–Crippen MR) is 558 cm³/mol. The minimum atomic E-state index is 0.671. The molecule has 26 rings (SSSR count). The summed E-state index contributed by atoms with van der Waals surface area (Å²) in [6, 6.07) is 170. The predicted octanol–water partition coefficient (Wildman–Crippen LogP) is 30.9. The molecule has 0 saturated heterocycles. The highest BCUT2D eigenvalue weighted by molar-refractivity contribution is 6.15. The Balaban J connectivity index is 0.000000147. The van der Waals surface area contributed by atoms with E-state index in [9.17, 15) is 0 Å². The number of aromatic nitrogens is 12. The molecule has 0 aliphatic heterocycles. The quantitative estimate of drug-likeness (QED) is 0.0937. The Morgan fingerprint density at radius 1 is 0.110 bits per heavy atom. The average molecular weight is 1740 g/mol. The van der Waals surface area contributed by atoms with Crippen LogP contribution in [0.4, 0.5) is 0 Å². The van der Waals surface area contributed by atoms with Gasteiger partial charge in [-0.3, -0.25) is 18.3 Å². The van der Waals surface area contributed by atoms with Crippen LogP contribution in [0, 0.1) is 0 Å². The molecule has 0 spiro atoms. The van der Waals surface area contributed by atoms with Gasteiger partial charge >= 0.3 is 0 Å². The van der Waals surface area contributed by atoms with Crippen molar-refractivity contribution in [2.24, 2.45) is 0 Å². The minimum absolute atomic E-state index is 0.671. The second-order valence-corrected chi connectivity index (χ2v) is 34.2. The number of fused-ring (bicyclic) bond motifs is 12. The van der Waals surface area contributed by atoms with Crippen molar-refractivity contribution in [3.05, 3.63) is 485 Å². The second kappa shape index (κ2) is 34.1. The van der Waals surface area contributed by atoms with E-state index in [-0.39, 0.29) is 0 Å². The van der Waals surface area contributed by atoms with Gasteiger partial charge in [0, 0.05) is 112 Å². The van der Waals surface area contributed by atoms with Crippen LogP contribution in [0.2, 0.25) is 0 Å². The highest BCUT2D eigenvalue weighted by Crippen LogP contribution is 2.44. The maximum Gasteiger partial charge on any atom is 0.162 e. The summed E-state index contributed by atoms with van der Waals surface area (Å²) in [7, 11) is 0. The first kappa shape index (κ1) is 79.6. The first-order chi connectivity index (χ1) is 67.4.